The third-order valence-corrected chi connectivity index (χ3v) is 6.03. The van der Waals surface area contributed by atoms with E-state index in [2.05, 4.69) is 4.98 Å². The first-order valence-corrected chi connectivity index (χ1v) is 10.1. The molecule has 0 atom stereocenters. The van der Waals surface area contributed by atoms with Gasteiger partial charge in [0.25, 0.3) is 0 Å². The third kappa shape index (κ3) is 3.41. The Hall–Kier alpha value is -2.35. The molecule has 0 saturated heterocycles. The second-order valence-corrected chi connectivity index (χ2v) is 8.02. The second-order valence-electron chi connectivity index (χ2n) is 6.09. The maximum atomic E-state index is 13.1. The maximum Gasteiger partial charge on any atom is 0.330 e. The summed E-state index contributed by atoms with van der Waals surface area (Å²) in [5.74, 6) is -0.491. The van der Waals surface area contributed by atoms with Crippen LogP contribution in [0.15, 0.2) is 41.2 Å². The van der Waals surface area contributed by atoms with Crippen molar-refractivity contribution >= 4 is 61.8 Å². The van der Waals surface area contributed by atoms with Crippen LogP contribution in [0.5, 0.6) is 0 Å². The molecule has 0 aliphatic rings. The number of rotatable bonds is 5. The molecule has 144 valence electrons. The van der Waals surface area contributed by atoms with Crippen LogP contribution in [0.4, 0.5) is 0 Å². The largest absolute Gasteiger partial charge is 0.465 e. The summed E-state index contributed by atoms with van der Waals surface area (Å²) in [6.07, 6.45) is 0. The Bertz CT molecular complexity index is 1230. The highest BCUT2D eigenvalue weighted by molar-refractivity contribution is 7.18. The smallest absolute Gasteiger partial charge is 0.330 e. The third-order valence-electron chi connectivity index (χ3n) is 4.28. The van der Waals surface area contributed by atoms with E-state index >= 15 is 0 Å². The lowest BCUT2D eigenvalue weighted by Gasteiger charge is -2.04. The number of hydrogen-bond acceptors (Lipinski definition) is 5. The van der Waals surface area contributed by atoms with E-state index in [0.29, 0.717) is 21.1 Å². The number of fused-ring (bicyclic) bond motifs is 2. The van der Waals surface area contributed by atoms with E-state index in [4.69, 9.17) is 27.9 Å². The molecule has 0 spiro atoms. The lowest BCUT2D eigenvalue weighted by Crippen LogP contribution is -2.28. The standard InChI is InChI=1S/C19H15Cl2N3O3S/c1-2-27-18(25)10-24-15-8-12(21)11(20)7-14(15)23(19(24)26)9-17-22-13-5-3-4-6-16(13)28-17/h3-8H,2,9-10H2,1H3. The van der Waals surface area contributed by atoms with Gasteiger partial charge in [-0.05, 0) is 31.2 Å². The molecule has 0 aliphatic heterocycles. The van der Waals surface area contributed by atoms with E-state index in [1.54, 1.807) is 23.6 Å². The zero-order valence-electron chi connectivity index (χ0n) is 14.8. The quantitative estimate of drug-likeness (QED) is 0.437. The number of benzene rings is 2. The minimum absolute atomic E-state index is 0.200. The van der Waals surface area contributed by atoms with E-state index < -0.39 is 5.97 Å². The molecular weight excluding hydrogens is 421 g/mol. The summed E-state index contributed by atoms with van der Waals surface area (Å²) in [7, 11) is 0. The van der Waals surface area contributed by atoms with Crippen molar-refractivity contribution in [3.8, 4) is 0 Å². The van der Waals surface area contributed by atoms with Crippen LogP contribution in [-0.4, -0.2) is 26.7 Å². The van der Waals surface area contributed by atoms with Crippen LogP contribution in [0.1, 0.15) is 11.9 Å². The van der Waals surface area contributed by atoms with Crippen molar-refractivity contribution in [3.05, 3.63) is 61.9 Å². The van der Waals surface area contributed by atoms with Crippen LogP contribution < -0.4 is 5.69 Å². The van der Waals surface area contributed by atoms with E-state index in [1.807, 2.05) is 24.3 Å². The summed E-state index contributed by atoms with van der Waals surface area (Å²) in [5, 5.41) is 1.42. The fourth-order valence-electron chi connectivity index (χ4n) is 3.07. The van der Waals surface area contributed by atoms with E-state index in [0.717, 1.165) is 15.2 Å². The second kappa shape index (κ2) is 7.58. The number of ether oxygens (including phenoxy) is 1. The van der Waals surface area contributed by atoms with Gasteiger partial charge < -0.3 is 4.74 Å². The lowest BCUT2D eigenvalue weighted by atomic mass is 10.3. The van der Waals surface area contributed by atoms with Gasteiger partial charge in [-0.3, -0.25) is 13.9 Å². The number of thiazole rings is 1. The van der Waals surface area contributed by atoms with Gasteiger partial charge in [0.05, 0.1) is 44.4 Å². The molecule has 0 saturated carbocycles. The predicted octanol–water partition coefficient (Wildman–Crippen LogP) is 4.33. The molecule has 9 heteroatoms. The fraction of sp³-hybridized carbons (Fsp3) is 0.211. The molecule has 2 heterocycles. The monoisotopic (exact) mass is 435 g/mol. The first-order chi connectivity index (χ1) is 13.5. The molecule has 0 radical (unpaired) electrons. The summed E-state index contributed by atoms with van der Waals surface area (Å²) in [4.78, 5) is 29.7. The number of halogens is 2. The first-order valence-electron chi connectivity index (χ1n) is 8.56. The average Bonchev–Trinajstić information content (AvgIpc) is 3.17. The Morgan fingerprint density at radius 2 is 1.82 bits per heavy atom. The van der Waals surface area contributed by atoms with E-state index in [-0.39, 0.29) is 25.4 Å². The van der Waals surface area contributed by atoms with Crippen LogP contribution >= 0.6 is 34.5 Å². The molecule has 0 bridgehead atoms. The summed E-state index contributed by atoms with van der Waals surface area (Å²) in [6.45, 7) is 2.02. The molecule has 2 aromatic carbocycles. The predicted molar refractivity (Wildman–Crippen MR) is 112 cm³/mol. The molecule has 6 nitrogen and oxygen atoms in total. The van der Waals surface area contributed by atoms with Crippen molar-refractivity contribution < 1.29 is 9.53 Å². The molecular formula is C19H15Cl2N3O3S. The van der Waals surface area contributed by atoms with Gasteiger partial charge >= 0.3 is 11.7 Å². The van der Waals surface area contributed by atoms with Gasteiger partial charge in [0.15, 0.2) is 0 Å². The Kier molecular flexibility index (Phi) is 5.14. The average molecular weight is 436 g/mol. The highest BCUT2D eigenvalue weighted by Crippen LogP contribution is 2.29. The van der Waals surface area contributed by atoms with Crippen molar-refractivity contribution in [3.63, 3.8) is 0 Å². The molecule has 0 unspecified atom stereocenters. The van der Waals surface area contributed by atoms with Gasteiger partial charge in [-0.25, -0.2) is 9.78 Å². The Morgan fingerprint density at radius 1 is 1.14 bits per heavy atom. The van der Waals surface area contributed by atoms with Gasteiger partial charge in [-0.2, -0.15) is 0 Å². The highest BCUT2D eigenvalue weighted by atomic mass is 35.5. The van der Waals surface area contributed by atoms with Gasteiger partial charge in [0.1, 0.15) is 11.6 Å². The lowest BCUT2D eigenvalue weighted by molar-refractivity contribution is -0.143. The molecule has 0 fully saturated rings. The fourth-order valence-corrected chi connectivity index (χ4v) is 4.35. The minimum atomic E-state index is -0.491. The van der Waals surface area contributed by atoms with Crippen LogP contribution in [0, 0.1) is 0 Å². The van der Waals surface area contributed by atoms with Crippen molar-refractivity contribution in [2.24, 2.45) is 0 Å². The van der Waals surface area contributed by atoms with Crippen molar-refractivity contribution in [2.75, 3.05) is 6.61 Å². The summed E-state index contributed by atoms with van der Waals surface area (Å²) in [5.41, 5.74) is 1.64. The summed E-state index contributed by atoms with van der Waals surface area (Å²) >= 11 is 13.8. The van der Waals surface area contributed by atoms with Crippen LogP contribution in [-0.2, 0) is 22.6 Å². The van der Waals surface area contributed by atoms with Crippen molar-refractivity contribution in [1.82, 2.24) is 14.1 Å². The first kappa shape index (κ1) is 19.0. The van der Waals surface area contributed by atoms with E-state index in [9.17, 15) is 9.59 Å². The van der Waals surface area contributed by atoms with Crippen LogP contribution in [0.25, 0.3) is 21.3 Å². The van der Waals surface area contributed by atoms with Crippen LogP contribution in [0.3, 0.4) is 0 Å². The molecule has 0 N–H and O–H groups in total. The molecule has 4 aromatic rings. The number of para-hydroxylation sites is 1. The number of imidazole rings is 1. The number of nitrogens with zero attached hydrogens (tertiary/aromatic N) is 3. The van der Waals surface area contributed by atoms with Gasteiger partial charge in [0, 0.05) is 0 Å². The normalized spacial score (nSPS) is 11.4. The number of aromatic nitrogens is 3. The number of carbonyl (C=O) groups is 1. The SMILES string of the molecule is CCOC(=O)Cn1c(=O)n(Cc2nc3ccccc3s2)c2cc(Cl)c(Cl)cc21. The molecule has 0 amide bonds. The molecule has 0 aliphatic carbocycles. The number of esters is 1. The van der Waals surface area contributed by atoms with E-state index in [1.165, 1.54) is 15.9 Å². The summed E-state index contributed by atoms with van der Waals surface area (Å²) < 4.78 is 8.94. The molecule has 2 aromatic heterocycles. The zero-order valence-corrected chi connectivity index (χ0v) is 17.1. The Morgan fingerprint density at radius 3 is 2.50 bits per heavy atom. The molecule has 28 heavy (non-hydrogen) atoms. The highest BCUT2D eigenvalue weighted by Gasteiger charge is 2.19. The zero-order chi connectivity index (χ0) is 19.8. The maximum absolute atomic E-state index is 13.1. The topological polar surface area (TPSA) is 66.1 Å². The summed E-state index contributed by atoms with van der Waals surface area (Å²) in [6, 6.07) is 11.0. The van der Waals surface area contributed by atoms with Gasteiger partial charge in [-0.15, -0.1) is 11.3 Å². The number of hydrogen-bond donors (Lipinski definition) is 0. The van der Waals surface area contributed by atoms with Crippen molar-refractivity contribution in [2.45, 2.75) is 20.0 Å². The molecule has 4 rings (SSSR count). The van der Waals surface area contributed by atoms with Crippen LogP contribution in [0.2, 0.25) is 10.0 Å². The minimum Gasteiger partial charge on any atom is -0.465 e. The van der Waals surface area contributed by atoms with Gasteiger partial charge in [-0.1, -0.05) is 35.3 Å². The Balaban J connectivity index is 1.84. The van der Waals surface area contributed by atoms with Gasteiger partial charge in [0.2, 0.25) is 0 Å². The van der Waals surface area contributed by atoms with Crippen molar-refractivity contribution in [1.29, 1.82) is 0 Å². The number of carbonyl (C=O) groups excluding carboxylic acids is 1. The Labute approximate surface area is 173 Å².